The number of nitrogens with one attached hydrogen (secondary N) is 2. The molecule has 0 aliphatic carbocycles. The predicted molar refractivity (Wildman–Crippen MR) is 194 cm³/mol. The molecular formula is C38H48N3O7S2+. The SMILES string of the molecule is C[N+]1(CCCCCCCCCNCC(O)c2ccc(O)c3[nH]c(=O)ccc23)C2CC(OC(=O)C(O)(c3cccs3)c3cccs3)CC1C1OC12. The number of phenols is 1. The number of esters is 1. The number of H-pyrrole nitrogens is 1. The molecule has 0 saturated carbocycles. The predicted octanol–water partition coefficient (Wildman–Crippen LogP) is 5.32. The number of morpholine rings is 1. The maximum absolute atomic E-state index is 13.6. The molecule has 3 aliphatic heterocycles. The molecule has 12 heteroatoms. The highest BCUT2D eigenvalue weighted by Crippen LogP contribution is 2.53. The minimum absolute atomic E-state index is 0.00837. The van der Waals surface area contributed by atoms with Crippen LogP contribution in [0.1, 0.15) is 79.2 Å². The van der Waals surface area contributed by atoms with Crippen LogP contribution in [0.2, 0.25) is 0 Å². The number of unbranched alkanes of at least 4 members (excludes halogenated alkanes) is 6. The molecule has 50 heavy (non-hydrogen) atoms. The summed E-state index contributed by atoms with van der Waals surface area (Å²) < 4.78 is 13.2. The second-order valence-electron chi connectivity index (χ2n) is 14.4. The second-order valence-corrected chi connectivity index (χ2v) is 16.3. The molecule has 2 bridgehead atoms. The Hall–Kier alpha value is -3.10. The summed E-state index contributed by atoms with van der Waals surface area (Å²) in [6.07, 6.45) is 9.24. The van der Waals surface area contributed by atoms with Crippen molar-refractivity contribution in [3.05, 3.63) is 85.0 Å². The first-order valence-corrected chi connectivity index (χ1v) is 19.7. The summed E-state index contributed by atoms with van der Waals surface area (Å²) in [7, 11) is 2.37. The summed E-state index contributed by atoms with van der Waals surface area (Å²) in [6, 6.07) is 14.2. The zero-order valence-electron chi connectivity index (χ0n) is 28.5. The Morgan fingerprint density at radius 2 is 1.62 bits per heavy atom. The van der Waals surface area contributed by atoms with E-state index in [2.05, 4.69) is 17.3 Å². The number of carbonyl (C=O) groups excluding carboxylic acids is 1. The van der Waals surface area contributed by atoms with E-state index in [4.69, 9.17) is 9.47 Å². The standard InChI is InChI=1S/C38H47N3O7S2/c1-41(18-8-6-4-2-3-5-7-17-39-23-30(43)25-13-15-29(42)34-26(25)14-16-33(44)40-34)27-21-24(22-28(41)36-35(27)48-36)47-37(45)38(46,31-11-9-19-49-31)32-12-10-20-50-32/h9-16,19-20,24,27-28,30,35-36,39,43,46H,2-8,17-18,21-23H2,1H3,(H-,40,42,44)/p+1. The number of aliphatic hydroxyl groups is 2. The Bertz CT molecular complexity index is 1760. The third-order valence-corrected chi connectivity index (χ3v) is 13.2. The molecule has 10 nitrogen and oxygen atoms in total. The lowest BCUT2D eigenvalue weighted by atomic mass is 9.94. The van der Waals surface area contributed by atoms with Gasteiger partial charge >= 0.3 is 5.97 Å². The first-order chi connectivity index (χ1) is 24.2. The molecule has 3 aromatic heterocycles. The number of nitrogens with zero attached hydrogens (tertiary/aromatic N) is 1. The van der Waals surface area contributed by atoms with Gasteiger partial charge < -0.3 is 39.6 Å². The fourth-order valence-corrected chi connectivity index (χ4v) is 10.2. The summed E-state index contributed by atoms with van der Waals surface area (Å²) in [5.74, 6) is -0.584. The lowest BCUT2D eigenvalue weighted by Crippen LogP contribution is -2.63. The topological polar surface area (TPSA) is 144 Å². The van der Waals surface area contributed by atoms with Gasteiger partial charge in [-0.15, -0.1) is 22.7 Å². The Kier molecular flexibility index (Phi) is 10.5. The molecule has 5 unspecified atom stereocenters. The summed E-state index contributed by atoms with van der Waals surface area (Å²) in [5, 5.41) is 40.2. The number of aromatic nitrogens is 1. The molecule has 3 aliphatic rings. The van der Waals surface area contributed by atoms with Crippen molar-refractivity contribution in [1.29, 1.82) is 0 Å². The van der Waals surface area contributed by atoms with Gasteiger partial charge in [0.15, 0.2) is 0 Å². The molecule has 0 radical (unpaired) electrons. The quantitative estimate of drug-likeness (QED) is 0.0427. The number of likely N-dealkylation sites (N-methyl/N-ethyl adjacent to an activating group) is 1. The van der Waals surface area contributed by atoms with Crippen LogP contribution in [0.5, 0.6) is 5.75 Å². The summed E-state index contributed by atoms with van der Waals surface area (Å²) >= 11 is 2.74. The van der Waals surface area contributed by atoms with Gasteiger partial charge in [-0.3, -0.25) is 4.79 Å². The van der Waals surface area contributed by atoms with Crippen LogP contribution in [-0.2, 0) is 19.9 Å². The zero-order chi connectivity index (χ0) is 34.9. The van der Waals surface area contributed by atoms with Crippen molar-refractivity contribution in [2.75, 3.05) is 26.7 Å². The molecule has 4 aromatic rings. The fraction of sp³-hybridized carbons (Fsp3) is 0.526. The number of aliphatic hydroxyl groups excluding tert-OH is 1. The van der Waals surface area contributed by atoms with Crippen LogP contribution in [0.3, 0.4) is 0 Å². The second kappa shape index (κ2) is 14.9. The summed E-state index contributed by atoms with van der Waals surface area (Å²) in [6.45, 7) is 2.34. The van der Waals surface area contributed by atoms with E-state index in [1.165, 1.54) is 66.9 Å². The van der Waals surface area contributed by atoms with Gasteiger partial charge in [-0.05, 0) is 66.4 Å². The Morgan fingerprint density at radius 3 is 2.26 bits per heavy atom. The number of hydrogen-bond acceptors (Lipinski definition) is 10. The van der Waals surface area contributed by atoms with E-state index in [0.29, 0.717) is 44.8 Å². The number of quaternary nitrogens is 1. The summed E-state index contributed by atoms with van der Waals surface area (Å²) in [5.41, 5.74) is -1.04. The van der Waals surface area contributed by atoms with Gasteiger partial charge in [-0.2, -0.15) is 0 Å². The van der Waals surface area contributed by atoms with Gasteiger partial charge in [-0.25, -0.2) is 4.79 Å². The Balaban J connectivity index is 0.797. The van der Waals surface area contributed by atoms with Crippen molar-refractivity contribution in [2.24, 2.45) is 0 Å². The van der Waals surface area contributed by atoms with Crippen molar-refractivity contribution < 1.29 is 34.1 Å². The molecule has 0 spiro atoms. The van der Waals surface area contributed by atoms with Gasteiger partial charge in [0.1, 0.15) is 36.1 Å². The van der Waals surface area contributed by atoms with E-state index in [1.807, 2.05) is 22.9 Å². The molecule has 7 rings (SSSR count). The van der Waals surface area contributed by atoms with Crippen LogP contribution < -0.4 is 10.9 Å². The third kappa shape index (κ3) is 6.91. The first kappa shape index (κ1) is 35.3. The molecule has 6 heterocycles. The normalized spacial score (nSPS) is 26.2. The number of benzene rings is 1. The largest absolute Gasteiger partial charge is 0.506 e. The number of aromatic amines is 1. The smallest absolute Gasteiger partial charge is 0.349 e. The number of rotatable bonds is 17. The van der Waals surface area contributed by atoms with E-state index >= 15 is 0 Å². The number of pyridine rings is 1. The summed E-state index contributed by atoms with van der Waals surface area (Å²) in [4.78, 5) is 29.1. The molecule has 3 fully saturated rings. The van der Waals surface area contributed by atoms with Crippen LogP contribution in [0.15, 0.2) is 64.1 Å². The number of phenolic OH excluding ortho intramolecular Hbond substituents is 1. The minimum Gasteiger partial charge on any atom is -0.506 e. The monoisotopic (exact) mass is 722 g/mol. The zero-order valence-corrected chi connectivity index (χ0v) is 30.1. The number of epoxide rings is 1. The number of ether oxygens (including phenoxy) is 2. The van der Waals surface area contributed by atoms with Crippen molar-refractivity contribution in [3.8, 4) is 5.75 Å². The third-order valence-electron chi connectivity index (χ3n) is 11.3. The van der Waals surface area contributed by atoms with Crippen molar-refractivity contribution in [2.45, 2.75) is 99.9 Å². The first-order valence-electron chi connectivity index (χ1n) is 18.0. The van der Waals surface area contributed by atoms with E-state index in [-0.39, 0.29) is 29.6 Å². The van der Waals surface area contributed by atoms with Crippen LogP contribution in [-0.4, -0.2) is 87.8 Å². The minimum atomic E-state index is -1.77. The Labute approximate surface area is 300 Å². The number of aromatic hydroxyl groups is 1. The van der Waals surface area contributed by atoms with Crippen LogP contribution in [0, 0.1) is 0 Å². The van der Waals surface area contributed by atoms with Crippen molar-refractivity contribution in [3.63, 3.8) is 0 Å². The average molecular weight is 723 g/mol. The van der Waals surface area contributed by atoms with Crippen molar-refractivity contribution >= 4 is 39.5 Å². The number of hydrogen-bond donors (Lipinski definition) is 5. The molecule has 1 aromatic carbocycles. The molecule has 3 saturated heterocycles. The fourth-order valence-electron chi connectivity index (χ4n) is 8.50. The van der Waals surface area contributed by atoms with E-state index < -0.39 is 17.7 Å². The van der Waals surface area contributed by atoms with Crippen LogP contribution in [0.25, 0.3) is 10.9 Å². The lowest BCUT2D eigenvalue weighted by Gasteiger charge is -2.48. The van der Waals surface area contributed by atoms with Gasteiger partial charge in [0.25, 0.3) is 0 Å². The molecule has 268 valence electrons. The highest BCUT2D eigenvalue weighted by Gasteiger charge is 2.72. The van der Waals surface area contributed by atoms with Gasteiger partial charge in [0.2, 0.25) is 11.2 Å². The van der Waals surface area contributed by atoms with Gasteiger partial charge in [-0.1, -0.05) is 43.9 Å². The maximum atomic E-state index is 13.6. The lowest BCUT2D eigenvalue weighted by molar-refractivity contribution is -0.956. The Morgan fingerprint density at radius 1 is 0.980 bits per heavy atom. The van der Waals surface area contributed by atoms with Gasteiger partial charge in [0.05, 0.1) is 35.0 Å². The van der Waals surface area contributed by atoms with E-state index in [0.717, 1.165) is 43.3 Å². The maximum Gasteiger partial charge on any atom is 0.349 e. The molecule has 0 amide bonds. The average Bonchev–Trinajstić information content (AvgIpc) is 3.40. The number of fused-ring (bicyclic) bond motifs is 6. The van der Waals surface area contributed by atoms with E-state index in [9.17, 15) is 24.9 Å². The highest BCUT2D eigenvalue weighted by atomic mass is 32.1. The molecular weight excluding hydrogens is 675 g/mol. The van der Waals surface area contributed by atoms with Crippen molar-refractivity contribution in [1.82, 2.24) is 10.3 Å². The van der Waals surface area contributed by atoms with Crippen LogP contribution >= 0.6 is 22.7 Å². The highest BCUT2D eigenvalue weighted by molar-refractivity contribution is 7.12. The molecule has 5 N–H and O–H groups in total. The number of thiophene rings is 2. The number of piperidine rings is 1. The van der Waals surface area contributed by atoms with E-state index in [1.54, 1.807) is 24.3 Å². The van der Waals surface area contributed by atoms with Gasteiger partial charge in [0, 0.05) is 30.8 Å². The number of carbonyl (C=O) groups is 1. The van der Waals surface area contributed by atoms with Crippen LogP contribution in [0.4, 0.5) is 0 Å². The molecule has 5 atom stereocenters.